The normalized spacial score (nSPS) is 15.1. The molecule has 0 aliphatic carbocycles. The number of phenols is 1. The summed E-state index contributed by atoms with van der Waals surface area (Å²) in [6.07, 6.45) is -1.11. The average Bonchev–Trinajstić information content (AvgIpc) is 2.17. The fraction of sp³-hybridized carbons (Fsp3) is 0.400. The van der Waals surface area contributed by atoms with Gasteiger partial charge in [0.05, 0.1) is 12.6 Å². The molecule has 0 amide bonds. The van der Waals surface area contributed by atoms with E-state index in [4.69, 9.17) is 10.8 Å². The molecular formula is C10H14FNO2. The van der Waals surface area contributed by atoms with E-state index in [1.165, 1.54) is 25.1 Å². The van der Waals surface area contributed by atoms with E-state index in [9.17, 15) is 9.50 Å². The van der Waals surface area contributed by atoms with Gasteiger partial charge in [0, 0.05) is 5.56 Å². The second kappa shape index (κ2) is 4.39. The number of rotatable bonds is 3. The fourth-order valence-corrected chi connectivity index (χ4v) is 1.22. The van der Waals surface area contributed by atoms with Crippen molar-refractivity contribution in [2.75, 3.05) is 6.61 Å². The van der Waals surface area contributed by atoms with Crippen LogP contribution >= 0.6 is 0 Å². The van der Waals surface area contributed by atoms with Gasteiger partial charge in [0.25, 0.3) is 0 Å². The summed E-state index contributed by atoms with van der Waals surface area (Å²) >= 11 is 0. The van der Waals surface area contributed by atoms with Crippen molar-refractivity contribution >= 4 is 0 Å². The molecule has 0 spiro atoms. The minimum Gasteiger partial charge on any atom is -0.508 e. The molecular weight excluding hydrogens is 185 g/mol. The van der Waals surface area contributed by atoms with Crippen LogP contribution in [0.3, 0.4) is 0 Å². The highest BCUT2D eigenvalue weighted by Crippen LogP contribution is 2.27. The maximum atomic E-state index is 12.9. The molecule has 2 atom stereocenters. The first kappa shape index (κ1) is 10.9. The highest BCUT2D eigenvalue weighted by molar-refractivity contribution is 5.39. The average molecular weight is 199 g/mol. The maximum Gasteiger partial charge on any atom is 0.122 e. The molecule has 0 radical (unpaired) electrons. The summed E-state index contributed by atoms with van der Waals surface area (Å²) in [4.78, 5) is 0. The van der Waals surface area contributed by atoms with Gasteiger partial charge in [0.15, 0.2) is 0 Å². The highest BCUT2D eigenvalue weighted by Gasteiger charge is 2.12. The van der Waals surface area contributed by atoms with Crippen LogP contribution in [0.5, 0.6) is 5.75 Å². The summed E-state index contributed by atoms with van der Waals surface area (Å²) in [5, 5.41) is 18.2. The van der Waals surface area contributed by atoms with E-state index >= 15 is 0 Å². The van der Waals surface area contributed by atoms with E-state index in [0.29, 0.717) is 11.1 Å². The zero-order valence-corrected chi connectivity index (χ0v) is 7.94. The fourth-order valence-electron chi connectivity index (χ4n) is 1.22. The molecule has 14 heavy (non-hydrogen) atoms. The molecule has 0 aliphatic rings. The molecule has 1 rings (SSSR count). The van der Waals surface area contributed by atoms with E-state index in [1.54, 1.807) is 0 Å². The molecule has 3 nitrogen and oxygen atoms in total. The number of halogens is 1. The number of hydrogen-bond acceptors (Lipinski definition) is 3. The molecule has 0 aromatic heterocycles. The number of phenolic OH excluding ortho intramolecular Hbond substituents is 1. The Labute approximate surface area is 82.0 Å². The summed E-state index contributed by atoms with van der Waals surface area (Å²) in [5.41, 5.74) is 6.35. The van der Waals surface area contributed by atoms with Crippen LogP contribution in [-0.2, 0) is 0 Å². The van der Waals surface area contributed by atoms with Gasteiger partial charge in [-0.25, -0.2) is 4.39 Å². The first-order valence-corrected chi connectivity index (χ1v) is 4.39. The van der Waals surface area contributed by atoms with Gasteiger partial charge in [-0.15, -0.1) is 0 Å². The van der Waals surface area contributed by atoms with E-state index < -0.39 is 12.2 Å². The Morgan fingerprint density at radius 2 is 2.14 bits per heavy atom. The SMILES string of the molecule is CC(F)c1ccc(O)c(C(N)CO)c1. The number of hydrogen-bond donors (Lipinski definition) is 3. The summed E-state index contributed by atoms with van der Waals surface area (Å²) in [6, 6.07) is 3.68. The molecule has 0 bridgehead atoms. The van der Waals surface area contributed by atoms with Gasteiger partial charge in [-0.05, 0) is 24.6 Å². The number of aliphatic hydroxyl groups excluding tert-OH is 1. The predicted molar refractivity (Wildman–Crippen MR) is 51.6 cm³/mol. The molecule has 0 aliphatic heterocycles. The van der Waals surface area contributed by atoms with Crippen molar-refractivity contribution < 1.29 is 14.6 Å². The molecule has 0 saturated heterocycles. The molecule has 0 heterocycles. The molecule has 4 heteroatoms. The lowest BCUT2D eigenvalue weighted by Crippen LogP contribution is -2.14. The van der Waals surface area contributed by atoms with Crippen molar-refractivity contribution in [1.82, 2.24) is 0 Å². The van der Waals surface area contributed by atoms with Crippen molar-refractivity contribution in [1.29, 1.82) is 0 Å². The summed E-state index contributed by atoms with van der Waals surface area (Å²) in [6.45, 7) is 1.12. The van der Waals surface area contributed by atoms with Gasteiger partial charge < -0.3 is 15.9 Å². The first-order valence-electron chi connectivity index (χ1n) is 4.39. The Morgan fingerprint density at radius 3 is 2.64 bits per heavy atom. The Hall–Kier alpha value is -1.13. The van der Waals surface area contributed by atoms with Crippen molar-refractivity contribution in [3.05, 3.63) is 29.3 Å². The summed E-state index contributed by atoms with van der Waals surface area (Å²) in [7, 11) is 0. The number of alkyl halides is 1. The third-order valence-electron chi connectivity index (χ3n) is 2.11. The van der Waals surface area contributed by atoms with Crippen molar-refractivity contribution in [3.8, 4) is 5.75 Å². The Morgan fingerprint density at radius 1 is 1.50 bits per heavy atom. The third-order valence-corrected chi connectivity index (χ3v) is 2.11. The van der Waals surface area contributed by atoms with Crippen LogP contribution in [0, 0.1) is 0 Å². The maximum absolute atomic E-state index is 12.9. The van der Waals surface area contributed by atoms with Crippen LogP contribution in [0.15, 0.2) is 18.2 Å². The van der Waals surface area contributed by atoms with Crippen LogP contribution < -0.4 is 5.73 Å². The Bertz CT molecular complexity index is 315. The second-order valence-corrected chi connectivity index (χ2v) is 3.22. The van der Waals surface area contributed by atoms with E-state index in [1.807, 2.05) is 0 Å². The third kappa shape index (κ3) is 2.21. The summed E-state index contributed by atoms with van der Waals surface area (Å²) in [5.74, 6) is -0.0176. The minimum atomic E-state index is -1.11. The van der Waals surface area contributed by atoms with Gasteiger partial charge >= 0.3 is 0 Å². The molecule has 4 N–H and O–H groups in total. The van der Waals surface area contributed by atoms with Gasteiger partial charge in [0.1, 0.15) is 11.9 Å². The van der Waals surface area contributed by atoms with Crippen LogP contribution in [-0.4, -0.2) is 16.8 Å². The van der Waals surface area contributed by atoms with Gasteiger partial charge in [0.2, 0.25) is 0 Å². The lowest BCUT2D eigenvalue weighted by molar-refractivity contribution is 0.265. The van der Waals surface area contributed by atoms with Gasteiger partial charge in [-0.3, -0.25) is 0 Å². The van der Waals surface area contributed by atoms with E-state index in [2.05, 4.69) is 0 Å². The highest BCUT2D eigenvalue weighted by atomic mass is 19.1. The smallest absolute Gasteiger partial charge is 0.122 e. The molecule has 1 aromatic carbocycles. The molecule has 0 fully saturated rings. The zero-order chi connectivity index (χ0) is 10.7. The lowest BCUT2D eigenvalue weighted by atomic mass is 10.0. The van der Waals surface area contributed by atoms with Crippen LogP contribution in [0.25, 0.3) is 0 Å². The van der Waals surface area contributed by atoms with Crippen molar-refractivity contribution in [2.24, 2.45) is 5.73 Å². The quantitative estimate of drug-likeness (QED) is 0.689. The second-order valence-electron chi connectivity index (χ2n) is 3.22. The molecule has 78 valence electrons. The van der Waals surface area contributed by atoms with E-state index in [0.717, 1.165) is 0 Å². The van der Waals surface area contributed by atoms with Crippen LogP contribution in [0.2, 0.25) is 0 Å². The molecule has 2 unspecified atom stereocenters. The van der Waals surface area contributed by atoms with Crippen molar-refractivity contribution in [3.63, 3.8) is 0 Å². The zero-order valence-electron chi connectivity index (χ0n) is 7.94. The van der Waals surface area contributed by atoms with Gasteiger partial charge in [-0.1, -0.05) is 6.07 Å². The number of benzene rings is 1. The topological polar surface area (TPSA) is 66.5 Å². The lowest BCUT2D eigenvalue weighted by Gasteiger charge is -2.12. The minimum absolute atomic E-state index is 0.0176. The Balaban J connectivity index is 3.08. The first-order chi connectivity index (χ1) is 6.56. The number of aromatic hydroxyl groups is 1. The van der Waals surface area contributed by atoms with Crippen molar-refractivity contribution in [2.45, 2.75) is 19.1 Å². The van der Waals surface area contributed by atoms with Crippen LogP contribution in [0.4, 0.5) is 4.39 Å². The largest absolute Gasteiger partial charge is 0.508 e. The number of aliphatic hydroxyl groups is 1. The van der Waals surface area contributed by atoms with E-state index in [-0.39, 0.29) is 12.4 Å². The standard InChI is InChI=1S/C10H14FNO2/c1-6(11)7-2-3-10(14)8(4-7)9(12)5-13/h2-4,6,9,13-14H,5,12H2,1H3. The molecule has 1 aromatic rings. The molecule has 0 saturated carbocycles. The summed E-state index contributed by atoms with van der Waals surface area (Å²) < 4.78 is 12.9. The number of nitrogens with two attached hydrogens (primary N) is 1. The van der Waals surface area contributed by atoms with Gasteiger partial charge in [-0.2, -0.15) is 0 Å². The Kier molecular flexibility index (Phi) is 3.43. The van der Waals surface area contributed by atoms with Crippen LogP contribution in [0.1, 0.15) is 30.3 Å². The monoisotopic (exact) mass is 199 g/mol. The predicted octanol–water partition coefficient (Wildman–Crippen LogP) is 1.41.